The number of rotatable bonds is 3. The molecule has 0 aromatic heterocycles. The molecular weight excluding hydrogens is 208 g/mol. The first kappa shape index (κ1) is 12.0. The van der Waals surface area contributed by atoms with Crippen molar-refractivity contribution >= 4 is 0 Å². The zero-order valence-corrected chi connectivity index (χ0v) is 11.4. The van der Waals surface area contributed by atoms with Gasteiger partial charge in [0.15, 0.2) is 0 Å². The largest absolute Gasteiger partial charge is 0.314 e. The van der Waals surface area contributed by atoms with Crippen LogP contribution in [0.15, 0.2) is 0 Å². The molecule has 0 atom stereocenters. The lowest BCUT2D eigenvalue weighted by Gasteiger charge is -2.53. The fourth-order valence-electron chi connectivity index (χ4n) is 4.45. The minimum absolute atomic E-state index is 0.790. The van der Waals surface area contributed by atoms with E-state index >= 15 is 0 Å². The van der Waals surface area contributed by atoms with E-state index in [1.807, 2.05) is 0 Å². The maximum Gasteiger partial charge on any atom is 0.00968 e. The van der Waals surface area contributed by atoms with Crippen LogP contribution in [-0.4, -0.2) is 36.6 Å². The molecule has 0 radical (unpaired) electrons. The smallest absolute Gasteiger partial charge is 0.00968 e. The normalized spacial score (nSPS) is 37.2. The first-order valence-electron chi connectivity index (χ1n) is 7.79. The number of hydrogen-bond acceptors (Lipinski definition) is 2. The van der Waals surface area contributed by atoms with E-state index in [1.165, 1.54) is 64.5 Å². The van der Waals surface area contributed by atoms with Crippen molar-refractivity contribution in [2.24, 2.45) is 5.41 Å². The summed E-state index contributed by atoms with van der Waals surface area (Å²) in [7, 11) is 0. The Balaban J connectivity index is 1.43. The topological polar surface area (TPSA) is 15.3 Å². The van der Waals surface area contributed by atoms with Gasteiger partial charge in [-0.25, -0.2) is 0 Å². The summed E-state index contributed by atoms with van der Waals surface area (Å²) in [6, 6.07) is 1.74. The van der Waals surface area contributed by atoms with Crippen LogP contribution in [0.2, 0.25) is 0 Å². The number of hydrogen-bond donors (Lipinski definition) is 1. The Morgan fingerprint density at radius 1 is 1.06 bits per heavy atom. The maximum atomic E-state index is 3.61. The van der Waals surface area contributed by atoms with Crippen molar-refractivity contribution in [1.82, 2.24) is 10.2 Å². The molecular formula is C15H28N2. The Hall–Kier alpha value is -0.0800. The van der Waals surface area contributed by atoms with Gasteiger partial charge in [-0.05, 0) is 50.5 Å². The van der Waals surface area contributed by atoms with Crippen LogP contribution in [0.1, 0.15) is 58.3 Å². The molecule has 1 spiro atoms. The van der Waals surface area contributed by atoms with Crippen LogP contribution in [-0.2, 0) is 0 Å². The van der Waals surface area contributed by atoms with Crippen molar-refractivity contribution in [3.05, 3.63) is 0 Å². The van der Waals surface area contributed by atoms with Crippen LogP contribution < -0.4 is 5.32 Å². The molecule has 3 rings (SSSR count). The van der Waals surface area contributed by atoms with Gasteiger partial charge in [0.25, 0.3) is 0 Å². The van der Waals surface area contributed by atoms with Gasteiger partial charge in [-0.3, -0.25) is 4.90 Å². The van der Waals surface area contributed by atoms with Gasteiger partial charge in [-0.1, -0.05) is 19.8 Å². The predicted molar refractivity (Wildman–Crippen MR) is 72.2 cm³/mol. The maximum absolute atomic E-state index is 3.61. The lowest BCUT2D eigenvalue weighted by Crippen LogP contribution is -2.59. The molecule has 0 aromatic rings. The van der Waals surface area contributed by atoms with E-state index in [4.69, 9.17) is 0 Å². The molecule has 1 heterocycles. The van der Waals surface area contributed by atoms with Gasteiger partial charge >= 0.3 is 0 Å². The summed E-state index contributed by atoms with van der Waals surface area (Å²) in [5, 5.41) is 3.61. The zero-order chi connectivity index (χ0) is 11.7. The van der Waals surface area contributed by atoms with E-state index in [-0.39, 0.29) is 0 Å². The summed E-state index contributed by atoms with van der Waals surface area (Å²) < 4.78 is 0. The van der Waals surface area contributed by atoms with Gasteiger partial charge in [0.1, 0.15) is 0 Å². The third-order valence-corrected chi connectivity index (χ3v) is 5.45. The molecule has 0 aromatic carbocycles. The standard InChI is InChI=1S/C15H28N2/c1-2-16-13-5-7-14(8-6-13)17-11-15(12-17)9-3-4-10-15/h13-14,16H,2-12H2,1H3. The highest BCUT2D eigenvalue weighted by Crippen LogP contribution is 2.47. The van der Waals surface area contributed by atoms with E-state index in [0.717, 1.165) is 24.0 Å². The molecule has 0 amide bonds. The molecule has 2 saturated carbocycles. The average Bonchev–Trinajstić information content (AvgIpc) is 2.78. The van der Waals surface area contributed by atoms with Crippen LogP contribution >= 0.6 is 0 Å². The lowest BCUT2D eigenvalue weighted by atomic mass is 9.75. The van der Waals surface area contributed by atoms with Crippen molar-refractivity contribution in [2.45, 2.75) is 70.4 Å². The monoisotopic (exact) mass is 236 g/mol. The summed E-state index contributed by atoms with van der Waals surface area (Å²) >= 11 is 0. The van der Waals surface area contributed by atoms with Gasteiger partial charge in [0.05, 0.1) is 0 Å². The molecule has 98 valence electrons. The van der Waals surface area contributed by atoms with Gasteiger partial charge in [-0.15, -0.1) is 0 Å². The van der Waals surface area contributed by atoms with Gasteiger partial charge in [-0.2, -0.15) is 0 Å². The van der Waals surface area contributed by atoms with Crippen molar-refractivity contribution in [3.8, 4) is 0 Å². The molecule has 3 fully saturated rings. The van der Waals surface area contributed by atoms with Crippen molar-refractivity contribution in [3.63, 3.8) is 0 Å². The van der Waals surface area contributed by atoms with Crippen molar-refractivity contribution in [2.75, 3.05) is 19.6 Å². The SMILES string of the molecule is CCNC1CCC(N2CC3(CCCC3)C2)CC1. The summed E-state index contributed by atoms with van der Waals surface area (Å²) in [5.41, 5.74) is 0.790. The van der Waals surface area contributed by atoms with Gasteiger partial charge in [0.2, 0.25) is 0 Å². The number of nitrogens with zero attached hydrogens (tertiary/aromatic N) is 1. The molecule has 0 bridgehead atoms. The van der Waals surface area contributed by atoms with E-state index in [9.17, 15) is 0 Å². The first-order chi connectivity index (χ1) is 8.31. The highest BCUT2D eigenvalue weighted by atomic mass is 15.2. The van der Waals surface area contributed by atoms with Crippen LogP contribution in [0.5, 0.6) is 0 Å². The molecule has 17 heavy (non-hydrogen) atoms. The minimum atomic E-state index is 0.790. The Morgan fingerprint density at radius 2 is 1.71 bits per heavy atom. The molecule has 2 nitrogen and oxygen atoms in total. The van der Waals surface area contributed by atoms with Crippen molar-refractivity contribution in [1.29, 1.82) is 0 Å². The Labute approximate surface area is 106 Å². The van der Waals surface area contributed by atoms with E-state index < -0.39 is 0 Å². The Kier molecular flexibility index (Phi) is 3.45. The van der Waals surface area contributed by atoms with Gasteiger partial charge in [0, 0.05) is 25.2 Å². The molecule has 3 aliphatic rings. The zero-order valence-electron chi connectivity index (χ0n) is 11.4. The Morgan fingerprint density at radius 3 is 2.29 bits per heavy atom. The van der Waals surface area contributed by atoms with Crippen LogP contribution in [0.25, 0.3) is 0 Å². The average molecular weight is 236 g/mol. The molecule has 2 aliphatic carbocycles. The summed E-state index contributed by atoms with van der Waals surface area (Å²) in [6.07, 6.45) is 11.7. The fraction of sp³-hybridized carbons (Fsp3) is 1.00. The van der Waals surface area contributed by atoms with E-state index in [0.29, 0.717) is 0 Å². The lowest BCUT2D eigenvalue weighted by molar-refractivity contribution is -0.0388. The molecule has 1 saturated heterocycles. The van der Waals surface area contributed by atoms with Crippen LogP contribution in [0, 0.1) is 5.41 Å². The third-order valence-electron chi connectivity index (χ3n) is 5.45. The van der Waals surface area contributed by atoms with E-state index in [2.05, 4.69) is 17.1 Å². The predicted octanol–water partition coefficient (Wildman–Crippen LogP) is 2.78. The minimum Gasteiger partial charge on any atom is -0.314 e. The Bertz CT molecular complexity index is 242. The number of nitrogens with one attached hydrogen (secondary N) is 1. The highest BCUT2D eigenvalue weighted by Gasteiger charge is 2.46. The van der Waals surface area contributed by atoms with Crippen LogP contribution in [0.4, 0.5) is 0 Å². The van der Waals surface area contributed by atoms with Crippen molar-refractivity contribution < 1.29 is 0 Å². The quantitative estimate of drug-likeness (QED) is 0.810. The molecule has 1 N–H and O–H groups in total. The summed E-state index contributed by atoms with van der Waals surface area (Å²) in [5.74, 6) is 0. The fourth-order valence-corrected chi connectivity index (χ4v) is 4.45. The van der Waals surface area contributed by atoms with E-state index in [1.54, 1.807) is 0 Å². The highest BCUT2D eigenvalue weighted by molar-refractivity contribution is 5.00. The molecule has 0 unspecified atom stereocenters. The van der Waals surface area contributed by atoms with Crippen LogP contribution in [0.3, 0.4) is 0 Å². The van der Waals surface area contributed by atoms with Gasteiger partial charge < -0.3 is 5.32 Å². The summed E-state index contributed by atoms with van der Waals surface area (Å²) in [6.45, 7) is 6.24. The molecule has 2 heteroatoms. The summed E-state index contributed by atoms with van der Waals surface area (Å²) in [4.78, 5) is 2.80. The second kappa shape index (κ2) is 4.89. The molecule has 1 aliphatic heterocycles. The first-order valence-corrected chi connectivity index (χ1v) is 7.79. The third kappa shape index (κ3) is 2.39. The number of likely N-dealkylation sites (tertiary alicyclic amines) is 1. The second-order valence-corrected chi connectivity index (χ2v) is 6.68. The second-order valence-electron chi connectivity index (χ2n) is 6.68.